The first-order valence-electron chi connectivity index (χ1n) is 5.11. The van der Waals surface area contributed by atoms with E-state index in [1.165, 1.54) is 21.3 Å². The average Bonchev–Trinajstić information content (AvgIpc) is 2.57. The van der Waals surface area contributed by atoms with Crippen molar-refractivity contribution in [2.24, 2.45) is 13.0 Å². The van der Waals surface area contributed by atoms with Crippen molar-refractivity contribution in [3.05, 3.63) is 12.3 Å². The summed E-state index contributed by atoms with van der Waals surface area (Å²) in [4.78, 5) is 10.5. The molecule has 8 heteroatoms. The molecule has 0 aliphatic carbocycles. The Morgan fingerprint density at radius 3 is 2.71 bits per heavy atom. The zero-order chi connectivity index (χ0) is 12.6. The van der Waals surface area contributed by atoms with Crippen LogP contribution in [0.1, 0.15) is 6.42 Å². The van der Waals surface area contributed by atoms with Gasteiger partial charge in [0, 0.05) is 20.1 Å². The van der Waals surface area contributed by atoms with Crippen molar-refractivity contribution in [1.82, 2.24) is 14.1 Å². The molecule has 0 radical (unpaired) electrons. The fraction of sp³-hybridized carbons (Fsp3) is 0.556. The molecule has 0 atom stereocenters. The third-order valence-electron chi connectivity index (χ3n) is 2.77. The Bertz CT molecular complexity index is 530. The Labute approximate surface area is 98.7 Å². The van der Waals surface area contributed by atoms with Crippen LogP contribution in [0, 0.1) is 5.92 Å². The summed E-state index contributed by atoms with van der Waals surface area (Å²) in [5, 5.41) is 12.5. The third-order valence-corrected chi connectivity index (χ3v) is 4.67. The average molecular weight is 259 g/mol. The molecule has 1 aliphatic heterocycles. The smallest absolute Gasteiger partial charge is 0.303 e. The highest BCUT2D eigenvalue weighted by atomic mass is 32.2. The maximum Gasteiger partial charge on any atom is 0.303 e. The van der Waals surface area contributed by atoms with Gasteiger partial charge in [-0.25, -0.2) is 8.42 Å². The van der Waals surface area contributed by atoms with Crippen molar-refractivity contribution in [3.8, 4) is 0 Å². The molecule has 0 aromatic carbocycles. The largest absolute Gasteiger partial charge is 0.481 e. The number of aromatic nitrogens is 2. The van der Waals surface area contributed by atoms with Crippen LogP contribution in [0.4, 0.5) is 0 Å². The van der Waals surface area contributed by atoms with Crippen LogP contribution in [-0.4, -0.2) is 46.7 Å². The maximum absolute atomic E-state index is 12.0. The zero-order valence-corrected chi connectivity index (χ0v) is 10.1. The normalized spacial score (nSPS) is 17.9. The number of hydrogen-bond acceptors (Lipinski definition) is 4. The number of nitrogens with zero attached hydrogens (tertiary/aromatic N) is 3. The fourth-order valence-corrected chi connectivity index (χ4v) is 3.53. The van der Waals surface area contributed by atoms with Gasteiger partial charge in [-0.3, -0.25) is 9.48 Å². The highest BCUT2D eigenvalue weighted by Crippen LogP contribution is 2.26. The predicted molar refractivity (Wildman–Crippen MR) is 57.7 cm³/mol. The van der Waals surface area contributed by atoms with Gasteiger partial charge in [-0.05, 0) is 12.0 Å². The summed E-state index contributed by atoms with van der Waals surface area (Å²) in [5.41, 5.74) is 0. The van der Waals surface area contributed by atoms with Gasteiger partial charge in [0.25, 0.3) is 10.0 Å². The molecular weight excluding hydrogens is 246 g/mol. The van der Waals surface area contributed by atoms with Crippen LogP contribution < -0.4 is 0 Å². The van der Waals surface area contributed by atoms with Crippen LogP contribution in [0.5, 0.6) is 0 Å². The quantitative estimate of drug-likeness (QED) is 0.788. The molecule has 1 aliphatic rings. The molecule has 2 heterocycles. The van der Waals surface area contributed by atoms with Gasteiger partial charge in [0.05, 0.1) is 12.6 Å². The molecule has 0 bridgehead atoms. The molecule has 94 valence electrons. The van der Waals surface area contributed by atoms with E-state index >= 15 is 0 Å². The molecule has 2 rings (SSSR count). The first-order valence-corrected chi connectivity index (χ1v) is 6.55. The summed E-state index contributed by atoms with van der Waals surface area (Å²) >= 11 is 0. The minimum atomic E-state index is -3.52. The minimum Gasteiger partial charge on any atom is -0.481 e. The van der Waals surface area contributed by atoms with Gasteiger partial charge in [-0.15, -0.1) is 0 Å². The van der Waals surface area contributed by atoms with Gasteiger partial charge in [0.15, 0.2) is 5.03 Å². The van der Waals surface area contributed by atoms with E-state index in [0.29, 0.717) is 0 Å². The number of sulfonamides is 1. The fourth-order valence-electron chi connectivity index (χ4n) is 1.84. The van der Waals surface area contributed by atoms with E-state index in [4.69, 9.17) is 5.11 Å². The van der Waals surface area contributed by atoms with Gasteiger partial charge in [-0.1, -0.05) is 0 Å². The van der Waals surface area contributed by atoms with Crippen LogP contribution >= 0.6 is 0 Å². The predicted octanol–water partition coefficient (Wildman–Crippen LogP) is -0.485. The van der Waals surface area contributed by atoms with E-state index in [-0.39, 0.29) is 30.5 Å². The number of carbonyl (C=O) groups is 1. The number of aliphatic carboxylic acids is 1. The Balaban J connectivity index is 2.06. The molecule has 0 amide bonds. The van der Waals surface area contributed by atoms with Gasteiger partial charge >= 0.3 is 5.97 Å². The second-order valence-corrected chi connectivity index (χ2v) is 5.96. The number of carboxylic acids is 1. The third kappa shape index (κ3) is 2.18. The molecule has 7 nitrogen and oxygen atoms in total. The second kappa shape index (κ2) is 4.11. The van der Waals surface area contributed by atoms with E-state index in [0.717, 1.165) is 0 Å². The summed E-state index contributed by atoms with van der Waals surface area (Å²) in [6.07, 6.45) is 1.43. The topological polar surface area (TPSA) is 92.5 Å². The molecular formula is C9H13N3O4S. The van der Waals surface area contributed by atoms with Crippen LogP contribution in [0.25, 0.3) is 0 Å². The summed E-state index contributed by atoms with van der Waals surface area (Å²) in [6.45, 7) is 0.527. The number of hydrogen-bond donors (Lipinski definition) is 1. The van der Waals surface area contributed by atoms with Crippen molar-refractivity contribution in [2.75, 3.05) is 13.1 Å². The molecule has 1 saturated heterocycles. The van der Waals surface area contributed by atoms with Crippen molar-refractivity contribution >= 4 is 16.0 Å². The van der Waals surface area contributed by atoms with E-state index < -0.39 is 16.0 Å². The molecule has 1 N–H and O–H groups in total. The van der Waals surface area contributed by atoms with Crippen molar-refractivity contribution in [3.63, 3.8) is 0 Å². The molecule has 17 heavy (non-hydrogen) atoms. The highest BCUT2D eigenvalue weighted by molar-refractivity contribution is 7.89. The Kier molecular flexibility index (Phi) is 2.92. The lowest BCUT2D eigenvalue weighted by Crippen LogP contribution is -2.50. The number of carboxylic acid groups (broad SMARTS) is 1. The lowest BCUT2D eigenvalue weighted by molar-refractivity contribution is -0.139. The summed E-state index contributed by atoms with van der Waals surface area (Å²) in [5.74, 6) is -0.983. The van der Waals surface area contributed by atoms with Crippen molar-refractivity contribution < 1.29 is 18.3 Å². The molecule has 1 aromatic rings. The molecule has 1 aromatic heterocycles. The van der Waals surface area contributed by atoms with Crippen LogP contribution in [0.2, 0.25) is 0 Å². The van der Waals surface area contributed by atoms with E-state index in [2.05, 4.69) is 5.10 Å². The number of rotatable bonds is 4. The maximum atomic E-state index is 12.0. The van der Waals surface area contributed by atoms with Gasteiger partial charge in [0.1, 0.15) is 0 Å². The van der Waals surface area contributed by atoms with Gasteiger partial charge < -0.3 is 5.11 Å². The Morgan fingerprint density at radius 1 is 1.59 bits per heavy atom. The van der Waals surface area contributed by atoms with E-state index in [9.17, 15) is 13.2 Å². The lowest BCUT2D eigenvalue weighted by Gasteiger charge is -2.37. The number of aryl methyl sites for hydroxylation is 1. The molecule has 0 saturated carbocycles. The van der Waals surface area contributed by atoms with E-state index in [1.807, 2.05) is 0 Å². The second-order valence-electron chi connectivity index (χ2n) is 4.08. The molecule has 0 spiro atoms. The van der Waals surface area contributed by atoms with E-state index in [1.54, 1.807) is 7.05 Å². The van der Waals surface area contributed by atoms with Gasteiger partial charge in [-0.2, -0.15) is 9.40 Å². The summed E-state index contributed by atoms with van der Waals surface area (Å²) in [6, 6.07) is 1.43. The van der Waals surface area contributed by atoms with Crippen LogP contribution in [-0.2, 0) is 21.9 Å². The van der Waals surface area contributed by atoms with Crippen LogP contribution in [0.3, 0.4) is 0 Å². The minimum absolute atomic E-state index is 0.0113. The monoisotopic (exact) mass is 259 g/mol. The van der Waals surface area contributed by atoms with Crippen molar-refractivity contribution in [2.45, 2.75) is 11.4 Å². The van der Waals surface area contributed by atoms with Crippen molar-refractivity contribution in [1.29, 1.82) is 0 Å². The Hall–Kier alpha value is -1.41. The SMILES string of the molecule is Cn1nccc1S(=O)(=O)N1CC(CC(=O)O)C1. The van der Waals surface area contributed by atoms with Crippen LogP contribution in [0.15, 0.2) is 17.3 Å². The van der Waals surface area contributed by atoms with Gasteiger partial charge in [0.2, 0.25) is 0 Å². The first-order chi connectivity index (χ1) is 7.91. The standard InChI is InChI=1S/C9H13N3O4S/c1-11-8(2-3-10-11)17(15,16)12-5-7(6-12)4-9(13)14/h2-3,7H,4-6H2,1H3,(H,13,14). The highest BCUT2D eigenvalue weighted by Gasteiger charge is 2.38. The lowest BCUT2D eigenvalue weighted by atomic mass is 10.00. The molecule has 1 fully saturated rings. The summed E-state index contributed by atoms with van der Waals surface area (Å²) < 4.78 is 26.7. The summed E-state index contributed by atoms with van der Waals surface area (Å²) in [7, 11) is -1.96. The zero-order valence-electron chi connectivity index (χ0n) is 9.28. The Morgan fingerprint density at radius 2 is 2.24 bits per heavy atom. The molecule has 0 unspecified atom stereocenters. The first kappa shape index (κ1) is 12.1.